The van der Waals surface area contributed by atoms with Crippen LogP contribution in [-0.4, -0.2) is 23.8 Å². The Morgan fingerprint density at radius 1 is 1.03 bits per heavy atom. The van der Waals surface area contributed by atoms with Crippen LogP contribution in [0.2, 0.25) is 0 Å². The second-order valence-electron chi connectivity index (χ2n) is 9.62. The molecule has 162 valence electrons. The lowest BCUT2D eigenvalue weighted by Crippen LogP contribution is -2.52. The minimum absolute atomic E-state index is 0.0992. The summed E-state index contributed by atoms with van der Waals surface area (Å²) in [5, 5.41) is 4.64. The van der Waals surface area contributed by atoms with E-state index in [1.165, 1.54) is 30.6 Å². The van der Waals surface area contributed by atoms with Gasteiger partial charge in [-0.3, -0.25) is 9.59 Å². The number of carbonyl (C=O) groups is 3. The molecular formula is C25H27NO4S. The van der Waals surface area contributed by atoms with E-state index in [9.17, 15) is 14.4 Å². The maximum atomic E-state index is 13.4. The average Bonchev–Trinajstić information content (AvgIpc) is 3.27. The van der Waals surface area contributed by atoms with Crippen molar-refractivity contribution in [2.24, 2.45) is 23.2 Å². The summed E-state index contributed by atoms with van der Waals surface area (Å²) < 4.78 is 5.62. The van der Waals surface area contributed by atoms with Gasteiger partial charge in [-0.25, -0.2) is 4.79 Å². The summed E-state index contributed by atoms with van der Waals surface area (Å²) in [5.41, 5.74) is 0.562. The van der Waals surface area contributed by atoms with Gasteiger partial charge in [-0.1, -0.05) is 12.1 Å². The van der Waals surface area contributed by atoms with Crippen molar-refractivity contribution in [3.63, 3.8) is 0 Å². The summed E-state index contributed by atoms with van der Waals surface area (Å²) in [6.45, 7) is 1.71. The SMILES string of the molecule is C[C@H](OC(=O)c1cccc(NC(=O)c2cccs2)c1)C(=O)C12CC3CC(CC(C3)C1)C2. The highest BCUT2D eigenvalue weighted by Gasteiger charge is 2.55. The third-order valence-electron chi connectivity index (χ3n) is 7.32. The monoisotopic (exact) mass is 437 g/mol. The van der Waals surface area contributed by atoms with Gasteiger partial charge in [0.25, 0.3) is 5.91 Å². The number of hydrogen-bond donors (Lipinski definition) is 1. The van der Waals surface area contributed by atoms with Crippen molar-refractivity contribution in [3.8, 4) is 0 Å². The van der Waals surface area contributed by atoms with Crippen molar-refractivity contribution in [1.82, 2.24) is 0 Å². The van der Waals surface area contributed by atoms with Gasteiger partial charge >= 0.3 is 5.97 Å². The van der Waals surface area contributed by atoms with Crippen LogP contribution in [0.3, 0.4) is 0 Å². The highest BCUT2D eigenvalue weighted by molar-refractivity contribution is 7.12. The first kappa shape index (κ1) is 20.4. The Morgan fingerprint density at radius 3 is 2.32 bits per heavy atom. The molecule has 0 aliphatic heterocycles. The number of anilines is 1. The third-order valence-corrected chi connectivity index (χ3v) is 8.18. The molecule has 0 unspecified atom stereocenters. The molecule has 1 N–H and O–H groups in total. The van der Waals surface area contributed by atoms with Crippen LogP contribution in [0, 0.1) is 23.2 Å². The number of hydrogen-bond acceptors (Lipinski definition) is 5. The van der Waals surface area contributed by atoms with Gasteiger partial charge in [0.1, 0.15) is 0 Å². The summed E-state index contributed by atoms with van der Waals surface area (Å²) in [6.07, 6.45) is 5.94. The van der Waals surface area contributed by atoms with Crippen LogP contribution in [0.1, 0.15) is 65.5 Å². The van der Waals surface area contributed by atoms with Crippen LogP contribution in [0.15, 0.2) is 41.8 Å². The quantitative estimate of drug-likeness (QED) is 0.620. The van der Waals surface area contributed by atoms with E-state index >= 15 is 0 Å². The zero-order chi connectivity index (χ0) is 21.6. The lowest BCUT2D eigenvalue weighted by atomic mass is 9.48. The highest BCUT2D eigenvalue weighted by atomic mass is 32.1. The van der Waals surface area contributed by atoms with E-state index in [4.69, 9.17) is 4.74 Å². The second-order valence-corrected chi connectivity index (χ2v) is 10.6. The Hall–Kier alpha value is -2.47. The number of benzene rings is 1. The van der Waals surface area contributed by atoms with Gasteiger partial charge in [0.2, 0.25) is 0 Å². The lowest BCUT2D eigenvalue weighted by molar-refractivity contribution is -0.152. The normalized spacial score (nSPS) is 29.4. The van der Waals surface area contributed by atoms with Gasteiger partial charge in [0.15, 0.2) is 11.9 Å². The molecule has 0 saturated heterocycles. The number of Topliss-reactive ketones (excluding diaryl/α,β-unsaturated/α-hetero) is 1. The molecule has 1 aromatic heterocycles. The molecule has 5 nitrogen and oxygen atoms in total. The van der Waals surface area contributed by atoms with Gasteiger partial charge in [-0.15, -0.1) is 11.3 Å². The second kappa shape index (κ2) is 7.90. The van der Waals surface area contributed by atoms with E-state index in [-0.39, 0.29) is 17.1 Å². The molecule has 1 amide bonds. The molecule has 0 spiro atoms. The number of carbonyl (C=O) groups excluding carboxylic acids is 3. The minimum atomic E-state index is -0.756. The molecule has 2 aromatic rings. The Bertz CT molecular complexity index is 977. The Balaban J connectivity index is 1.25. The number of amides is 1. The number of esters is 1. The smallest absolute Gasteiger partial charge is 0.338 e. The predicted molar refractivity (Wildman–Crippen MR) is 119 cm³/mol. The summed E-state index contributed by atoms with van der Waals surface area (Å²) >= 11 is 1.35. The molecule has 4 aliphatic carbocycles. The van der Waals surface area contributed by atoms with Gasteiger partial charge in [0, 0.05) is 11.1 Å². The molecule has 6 rings (SSSR count). The van der Waals surface area contributed by atoms with E-state index in [1.807, 2.05) is 11.4 Å². The lowest BCUT2D eigenvalue weighted by Gasteiger charge is -2.56. The topological polar surface area (TPSA) is 72.5 Å². The molecule has 1 atom stereocenters. The molecule has 1 aromatic carbocycles. The van der Waals surface area contributed by atoms with E-state index in [0.29, 0.717) is 33.9 Å². The van der Waals surface area contributed by atoms with Crippen molar-refractivity contribution in [1.29, 1.82) is 0 Å². The van der Waals surface area contributed by atoms with Crippen LogP contribution < -0.4 is 5.32 Å². The van der Waals surface area contributed by atoms with Crippen molar-refractivity contribution >= 4 is 34.7 Å². The zero-order valence-electron chi connectivity index (χ0n) is 17.6. The first-order valence-corrected chi connectivity index (χ1v) is 12.0. The Labute approximate surface area is 186 Å². The minimum Gasteiger partial charge on any atom is -0.451 e. The number of rotatable bonds is 6. The fraction of sp³-hybridized carbons (Fsp3) is 0.480. The average molecular weight is 438 g/mol. The number of thiophene rings is 1. The molecular weight excluding hydrogens is 410 g/mol. The maximum absolute atomic E-state index is 13.4. The zero-order valence-corrected chi connectivity index (χ0v) is 18.5. The number of ether oxygens (including phenoxy) is 1. The first-order valence-electron chi connectivity index (χ1n) is 11.1. The fourth-order valence-corrected chi connectivity index (χ4v) is 7.07. The summed E-state index contributed by atoms with van der Waals surface area (Å²) in [6, 6.07) is 10.2. The third kappa shape index (κ3) is 3.93. The largest absolute Gasteiger partial charge is 0.451 e. The van der Waals surface area contributed by atoms with Crippen molar-refractivity contribution in [2.75, 3.05) is 5.32 Å². The summed E-state index contributed by atoms with van der Waals surface area (Å²) in [7, 11) is 0. The standard InChI is InChI=1S/C25H27NO4S/c1-15(22(27)25-12-16-8-17(13-25)10-18(9-16)14-25)30-24(29)19-4-2-5-20(11-19)26-23(28)21-6-3-7-31-21/h2-7,11,15-18H,8-10,12-14H2,1H3,(H,26,28)/t15-,16?,17?,18?,25?/m0/s1. The van der Waals surface area contributed by atoms with Crippen molar-refractivity contribution in [3.05, 3.63) is 52.2 Å². The first-order chi connectivity index (χ1) is 14.9. The highest BCUT2D eigenvalue weighted by Crippen LogP contribution is 2.60. The molecule has 0 radical (unpaired) electrons. The van der Waals surface area contributed by atoms with Gasteiger partial charge < -0.3 is 10.1 Å². The van der Waals surface area contributed by atoms with Crippen LogP contribution in [0.5, 0.6) is 0 Å². The summed E-state index contributed by atoms with van der Waals surface area (Å²) in [4.78, 5) is 39.0. The maximum Gasteiger partial charge on any atom is 0.338 e. The van der Waals surface area contributed by atoms with E-state index in [2.05, 4.69) is 5.32 Å². The molecule has 1 heterocycles. The predicted octanol–water partition coefficient (Wildman–Crippen LogP) is 5.33. The molecule has 6 heteroatoms. The number of ketones is 1. The molecule has 31 heavy (non-hydrogen) atoms. The van der Waals surface area contributed by atoms with E-state index < -0.39 is 12.1 Å². The van der Waals surface area contributed by atoms with Crippen LogP contribution in [-0.2, 0) is 9.53 Å². The molecule has 4 bridgehead atoms. The summed E-state index contributed by atoms with van der Waals surface area (Å²) in [5.74, 6) is 1.36. The van der Waals surface area contributed by atoms with Crippen LogP contribution >= 0.6 is 11.3 Å². The van der Waals surface area contributed by atoms with Gasteiger partial charge in [-0.2, -0.15) is 0 Å². The van der Waals surface area contributed by atoms with Gasteiger partial charge in [-0.05, 0) is 92.8 Å². The van der Waals surface area contributed by atoms with Crippen molar-refractivity contribution in [2.45, 2.75) is 51.6 Å². The Morgan fingerprint density at radius 2 is 1.71 bits per heavy atom. The van der Waals surface area contributed by atoms with E-state index in [0.717, 1.165) is 19.3 Å². The fourth-order valence-electron chi connectivity index (χ4n) is 6.45. The van der Waals surface area contributed by atoms with Crippen LogP contribution in [0.4, 0.5) is 5.69 Å². The van der Waals surface area contributed by atoms with Crippen LogP contribution in [0.25, 0.3) is 0 Å². The molecule has 4 fully saturated rings. The molecule has 4 saturated carbocycles. The Kier molecular flexibility index (Phi) is 5.21. The number of nitrogens with one attached hydrogen (secondary N) is 1. The van der Waals surface area contributed by atoms with E-state index in [1.54, 1.807) is 37.3 Å². The van der Waals surface area contributed by atoms with Crippen molar-refractivity contribution < 1.29 is 19.1 Å². The van der Waals surface area contributed by atoms with Gasteiger partial charge in [0.05, 0.1) is 10.4 Å². The molecule has 4 aliphatic rings.